The first-order chi connectivity index (χ1) is 13.4. The summed E-state index contributed by atoms with van der Waals surface area (Å²) in [6.07, 6.45) is -0.663. The molecule has 2 aromatic carbocycles. The van der Waals surface area contributed by atoms with Crippen molar-refractivity contribution in [2.45, 2.75) is 32.8 Å². The molecule has 2 aromatic rings. The number of aliphatic hydroxyl groups excluding tert-OH is 1. The largest absolute Gasteiger partial charge is 0.449 e. The third-order valence-electron chi connectivity index (χ3n) is 5.15. The standard InChI is InChI=1S/C23H29NO4/c1-23(2,3)21(27-13-12-25)14-24-22(26)28-15-20-18-10-6-4-8-16(18)17-9-5-7-11-19(17)20/h4-11,20-21,25H,12-15H2,1-3H3,(H,24,26). The molecule has 0 saturated heterocycles. The molecule has 1 aliphatic rings. The van der Waals surface area contributed by atoms with Gasteiger partial charge in [-0.15, -0.1) is 0 Å². The van der Waals surface area contributed by atoms with Gasteiger partial charge in [0.1, 0.15) is 6.61 Å². The Kier molecular flexibility index (Phi) is 6.37. The number of aliphatic hydroxyl groups is 1. The van der Waals surface area contributed by atoms with Gasteiger partial charge in [-0.05, 0) is 27.7 Å². The Morgan fingerprint density at radius 2 is 1.64 bits per heavy atom. The summed E-state index contributed by atoms with van der Waals surface area (Å²) in [5, 5.41) is 11.8. The number of carbonyl (C=O) groups is 1. The van der Waals surface area contributed by atoms with Crippen molar-refractivity contribution in [3.63, 3.8) is 0 Å². The lowest BCUT2D eigenvalue weighted by molar-refractivity contribution is -0.0297. The minimum Gasteiger partial charge on any atom is -0.449 e. The van der Waals surface area contributed by atoms with Gasteiger partial charge in [-0.25, -0.2) is 4.79 Å². The highest BCUT2D eigenvalue weighted by molar-refractivity contribution is 5.79. The van der Waals surface area contributed by atoms with E-state index < -0.39 is 6.09 Å². The van der Waals surface area contributed by atoms with Crippen molar-refractivity contribution in [2.24, 2.45) is 5.41 Å². The number of hydrogen-bond donors (Lipinski definition) is 2. The van der Waals surface area contributed by atoms with Gasteiger partial charge in [0.25, 0.3) is 0 Å². The van der Waals surface area contributed by atoms with Crippen molar-refractivity contribution >= 4 is 6.09 Å². The first kappa shape index (κ1) is 20.4. The van der Waals surface area contributed by atoms with E-state index in [0.717, 1.165) is 0 Å². The molecule has 1 unspecified atom stereocenters. The molecule has 150 valence electrons. The van der Waals surface area contributed by atoms with Gasteiger partial charge in [0.2, 0.25) is 0 Å². The molecule has 1 atom stereocenters. The molecule has 0 aromatic heterocycles. The zero-order valence-electron chi connectivity index (χ0n) is 16.8. The van der Waals surface area contributed by atoms with Crippen LogP contribution in [-0.4, -0.2) is 43.7 Å². The third-order valence-corrected chi connectivity index (χ3v) is 5.15. The van der Waals surface area contributed by atoms with Crippen LogP contribution in [0.2, 0.25) is 0 Å². The molecule has 0 heterocycles. The fraction of sp³-hybridized carbons (Fsp3) is 0.435. The van der Waals surface area contributed by atoms with Gasteiger partial charge in [0.15, 0.2) is 0 Å². The van der Waals surface area contributed by atoms with Crippen LogP contribution in [0.5, 0.6) is 0 Å². The molecule has 0 aliphatic heterocycles. The predicted molar refractivity (Wildman–Crippen MR) is 109 cm³/mol. The van der Waals surface area contributed by atoms with Gasteiger partial charge >= 0.3 is 6.09 Å². The Balaban J connectivity index is 1.60. The molecular weight excluding hydrogens is 354 g/mol. The second kappa shape index (κ2) is 8.76. The van der Waals surface area contributed by atoms with E-state index in [1.807, 2.05) is 45.0 Å². The maximum Gasteiger partial charge on any atom is 0.407 e. The molecule has 1 amide bonds. The molecule has 0 saturated carbocycles. The summed E-state index contributed by atoms with van der Waals surface area (Å²) in [4.78, 5) is 12.3. The smallest absolute Gasteiger partial charge is 0.407 e. The first-order valence-corrected chi connectivity index (χ1v) is 9.73. The first-order valence-electron chi connectivity index (χ1n) is 9.73. The van der Waals surface area contributed by atoms with Crippen molar-refractivity contribution in [3.8, 4) is 11.1 Å². The molecule has 0 fully saturated rings. The molecule has 0 radical (unpaired) electrons. The Morgan fingerprint density at radius 3 is 2.18 bits per heavy atom. The normalized spacial score (nSPS) is 14.3. The van der Waals surface area contributed by atoms with Gasteiger partial charge in [-0.3, -0.25) is 0 Å². The number of rotatable bonds is 7. The summed E-state index contributed by atoms with van der Waals surface area (Å²) in [6.45, 7) is 6.93. The molecular formula is C23H29NO4. The average molecular weight is 383 g/mol. The molecule has 2 N–H and O–H groups in total. The molecule has 3 rings (SSSR count). The van der Waals surface area contributed by atoms with E-state index in [1.165, 1.54) is 22.3 Å². The summed E-state index contributed by atoms with van der Waals surface area (Å²) in [5.74, 6) is 0.0437. The summed E-state index contributed by atoms with van der Waals surface area (Å²) < 4.78 is 11.2. The van der Waals surface area contributed by atoms with Crippen LogP contribution >= 0.6 is 0 Å². The number of nitrogens with one attached hydrogen (secondary N) is 1. The second-order valence-corrected chi connectivity index (χ2v) is 8.16. The highest BCUT2D eigenvalue weighted by Gasteiger charge is 2.30. The Bertz CT molecular complexity index is 767. The fourth-order valence-corrected chi connectivity index (χ4v) is 3.64. The van der Waals surface area contributed by atoms with Crippen molar-refractivity contribution in [1.29, 1.82) is 0 Å². The lowest BCUT2D eigenvalue weighted by Gasteiger charge is -2.30. The predicted octanol–water partition coefficient (Wildman–Crippen LogP) is 3.95. The van der Waals surface area contributed by atoms with Gasteiger partial charge in [0.05, 0.1) is 19.3 Å². The number of ether oxygens (including phenoxy) is 2. The number of carbonyl (C=O) groups excluding carboxylic acids is 1. The summed E-state index contributed by atoms with van der Waals surface area (Å²) in [7, 11) is 0. The van der Waals surface area contributed by atoms with E-state index >= 15 is 0 Å². The lowest BCUT2D eigenvalue weighted by Crippen LogP contribution is -2.42. The molecule has 5 nitrogen and oxygen atoms in total. The van der Waals surface area contributed by atoms with Crippen LogP contribution < -0.4 is 5.32 Å². The SMILES string of the molecule is CC(C)(C)C(CNC(=O)OCC1c2ccccc2-c2ccccc21)OCCO. The van der Waals surface area contributed by atoms with Crippen molar-refractivity contribution in [1.82, 2.24) is 5.32 Å². The van der Waals surface area contributed by atoms with Crippen molar-refractivity contribution in [2.75, 3.05) is 26.4 Å². The summed E-state index contributed by atoms with van der Waals surface area (Å²) >= 11 is 0. The van der Waals surface area contributed by atoms with Crippen molar-refractivity contribution < 1.29 is 19.4 Å². The van der Waals surface area contributed by atoms with Crippen molar-refractivity contribution in [3.05, 3.63) is 59.7 Å². The third kappa shape index (κ3) is 4.54. The van der Waals surface area contributed by atoms with E-state index in [1.54, 1.807) is 0 Å². The zero-order chi connectivity index (χ0) is 20.1. The van der Waals surface area contributed by atoms with Crippen LogP contribution in [0.15, 0.2) is 48.5 Å². The van der Waals surface area contributed by atoms with Gasteiger partial charge < -0.3 is 19.9 Å². The highest BCUT2D eigenvalue weighted by Crippen LogP contribution is 2.44. The minimum absolute atomic E-state index is 0.0437. The highest BCUT2D eigenvalue weighted by atomic mass is 16.5. The van der Waals surface area contributed by atoms with E-state index in [4.69, 9.17) is 14.6 Å². The van der Waals surface area contributed by atoms with E-state index in [-0.39, 0.29) is 37.3 Å². The lowest BCUT2D eigenvalue weighted by atomic mass is 9.89. The molecule has 0 spiro atoms. The fourth-order valence-electron chi connectivity index (χ4n) is 3.64. The Labute approximate surface area is 166 Å². The van der Waals surface area contributed by atoms with Crippen LogP contribution in [0.1, 0.15) is 37.8 Å². The van der Waals surface area contributed by atoms with Crippen LogP contribution in [0, 0.1) is 5.41 Å². The number of alkyl carbamates (subject to hydrolysis) is 1. The van der Waals surface area contributed by atoms with E-state index in [2.05, 4.69) is 29.6 Å². The van der Waals surface area contributed by atoms with Crippen LogP contribution in [0.3, 0.4) is 0 Å². The minimum atomic E-state index is -0.455. The Hall–Kier alpha value is -2.37. The van der Waals surface area contributed by atoms with Gasteiger partial charge in [-0.2, -0.15) is 0 Å². The summed E-state index contributed by atoms with van der Waals surface area (Å²) in [5.41, 5.74) is 4.63. The molecule has 5 heteroatoms. The van der Waals surface area contributed by atoms with E-state index in [9.17, 15) is 4.79 Å². The maximum atomic E-state index is 12.3. The quantitative estimate of drug-likeness (QED) is 0.760. The number of hydrogen-bond acceptors (Lipinski definition) is 4. The maximum absolute atomic E-state index is 12.3. The van der Waals surface area contributed by atoms with Crippen LogP contribution in [-0.2, 0) is 9.47 Å². The summed E-state index contributed by atoms with van der Waals surface area (Å²) in [6, 6.07) is 16.5. The Morgan fingerprint density at radius 1 is 1.07 bits per heavy atom. The number of amides is 1. The molecule has 0 bridgehead atoms. The van der Waals surface area contributed by atoms with Crippen LogP contribution in [0.25, 0.3) is 11.1 Å². The van der Waals surface area contributed by atoms with E-state index in [0.29, 0.717) is 6.54 Å². The molecule has 28 heavy (non-hydrogen) atoms. The van der Waals surface area contributed by atoms with Gasteiger partial charge in [-0.1, -0.05) is 69.3 Å². The molecule has 1 aliphatic carbocycles. The van der Waals surface area contributed by atoms with Crippen LogP contribution in [0.4, 0.5) is 4.79 Å². The monoisotopic (exact) mass is 383 g/mol. The second-order valence-electron chi connectivity index (χ2n) is 8.16. The number of fused-ring (bicyclic) bond motifs is 3. The van der Waals surface area contributed by atoms with Gasteiger partial charge in [0, 0.05) is 12.5 Å². The topological polar surface area (TPSA) is 67.8 Å². The zero-order valence-corrected chi connectivity index (χ0v) is 16.8. The average Bonchev–Trinajstić information content (AvgIpc) is 2.99. The number of benzene rings is 2.